The van der Waals surface area contributed by atoms with Crippen molar-refractivity contribution >= 4 is 12.1 Å². The van der Waals surface area contributed by atoms with Crippen LogP contribution in [0.4, 0.5) is 0 Å². The Labute approximate surface area is 102 Å². The molecule has 6 heteroatoms. The first-order valence-electron chi connectivity index (χ1n) is 5.06. The van der Waals surface area contributed by atoms with Gasteiger partial charge in [-0.25, -0.2) is 5.43 Å². The van der Waals surface area contributed by atoms with E-state index in [0.717, 1.165) is 6.07 Å². The number of rotatable bonds is 3. The second-order valence-electron chi connectivity index (χ2n) is 3.42. The minimum absolute atomic E-state index is 0.0633. The molecular weight excluding hydrogens is 236 g/mol. The average molecular weight is 246 g/mol. The molecule has 0 spiro atoms. The molecule has 3 N–H and O–H groups in total. The van der Waals surface area contributed by atoms with Crippen LogP contribution < -0.4 is 5.43 Å². The molecule has 92 valence electrons. The third kappa shape index (κ3) is 2.67. The van der Waals surface area contributed by atoms with Crippen LogP contribution >= 0.6 is 0 Å². The Balaban J connectivity index is 2.06. The molecule has 0 saturated heterocycles. The van der Waals surface area contributed by atoms with Gasteiger partial charge in [0.25, 0.3) is 5.91 Å². The van der Waals surface area contributed by atoms with Crippen LogP contribution in [0.3, 0.4) is 0 Å². The summed E-state index contributed by atoms with van der Waals surface area (Å²) in [6.45, 7) is 0. The summed E-state index contributed by atoms with van der Waals surface area (Å²) in [6.07, 6.45) is 2.79. The van der Waals surface area contributed by atoms with Crippen molar-refractivity contribution in [2.24, 2.45) is 5.10 Å². The summed E-state index contributed by atoms with van der Waals surface area (Å²) >= 11 is 0. The third-order valence-corrected chi connectivity index (χ3v) is 2.13. The molecule has 0 atom stereocenters. The van der Waals surface area contributed by atoms with Crippen LogP contribution in [-0.2, 0) is 0 Å². The van der Waals surface area contributed by atoms with Crippen LogP contribution in [0.5, 0.6) is 11.5 Å². The maximum absolute atomic E-state index is 11.6. The fraction of sp³-hybridized carbons (Fsp3) is 0. The van der Waals surface area contributed by atoms with Gasteiger partial charge in [0, 0.05) is 0 Å². The highest BCUT2D eigenvalue weighted by Crippen LogP contribution is 2.21. The lowest BCUT2D eigenvalue weighted by atomic mass is 10.2. The molecule has 2 rings (SSSR count). The molecule has 0 aliphatic carbocycles. The first-order valence-corrected chi connectivity index (χ1v) is 5.06. The zero-order valence-corrected chi connectivity index (χ0v) is 9.20. The Morgan fingerprint density at radius 1 is 1.33 bits per heavy atom. The highest BCUT2D eigenvalue weighted by molar-refractivity contribution is 5.97. The molecule has 0 aliphatic rings. The Morgan fingerprint density at radius 2 is 2.17 bits per heavy atom. The van der Waals surface area contributed by atoms with Crippen LogP contribution in [0.25, 0.3) is 0 Å². The molecule has 18 heavy (non-hydrogen) atoms. The molecule has 0 unspecified atom stereocenters. The standard InChI is InChI=1S/C12H10N2O4/c15-8-3-4-11(16)10(6-8)12(17)14-13-7-9-2-1-5-18-9/h1-7,15-16H,(H,14,17). The lowest BCUT2D eigenvalue weighted by Crippen LogP contribution is -2.17. The monoisotopic (exact) mass is 246 g/mol. The summed E-state index contributed by atoms with van der Waals surface area (Å²) in [5.74, 6) is -0.506. The van der Waals surface area contributed by atoms with Crippen molar-refractivity contribution in [3.05, 3.63) is 47.9 Å². The number of benzene rings is 1. The highest BCUT2D eigenvalue weighted by atomic mass is 16.3. The van der Waals surface area contributed by atoms with E-state index in [0.29, 0.717) is 5.76 Å². The van der Waals surface area contributed by atoms with Crippen molar-refractivity contribution in [1.29, 1.82) is 0 Å². The number of aromatic hydroxyl groups is 2. The summed E-state index contributed by atoms with van der Waals surface area (Å²) in [6, 6.07) is 7.00. The molecule has 0 bridgehead atoms. The van der Waals surface area contributed by atoms with Crippen LogP contribution in [0, 0.1) is 0 Å². The highest BCUT2D eigenvalue weighted by Gasteiger charge is 2.10. The number of nitrogens with zero attached hydrogens (tertiary/aromatic N) is 1. The Bertz CT molecular complexity index is 576. The number of hydrazone groups is 1. The molecule has 1 heterocycles. The lowest BCUT2D eigenvalue weighted by Gasteiger charge is -2.02. The predicted molar refractivity (Wildman–Crippen MR) is 63.5 cm³/mol. The van der Waals surface area contributed by atoms with E-state index in [1.807, 2.05) is 0 Å². The van der Waals surface area contributed by atoms with Gasteiger partial charge < -0.3 is 14.6 Å². The molecule has 0 saturated carbocycles. The molecule has 0 aliphatic heterocycles. The largest absolute Gasteiger partial charge is 0.508 e. The maximum Gasteiger partial charge on any atom is 0.275 e. The summed E-state index contributed by atoms with van der Waals surface area (Å²) in [4.78, 5) is 11.6. The van der Waals surface area contributed by atoms with E-state index in [1.165, 1.54) is 24.6 Å². The van der Waals surface area contributed by atoms with Gasteiger partial charge in [0.2, 0.25) is 0 Å². The summed E-state index contributed by atoms with van der Waals surface area (Å²) in [7, 11) is 0. The number of phenols is 2. The summed E-state index contributed by atoms with van der Waals surface area (Å²) in [5, 5.41) is 22.3. The smallest absolute Gasteiger partial charge is 0.275 e. The molecule has 0 radical (unpaired) electrons. The van der Waals surface area contributed by atoms with Gasteiger partial charge in [0.15, 0.2) is 0 Å². The van der Waals surface area contributed by atoms with E-state index in [1.54, 1.807) is 12.1 Å². The van der Waals surface area contributed by atoms with Crippen molar-refractivity contribution in [1.82, 2.24) is 5.43 Å². The molecule has 1 aromatic heterocycles. The second-order valence-corrected chi connectivity index (χ2v) is 3.42. The van der Waals surface area contributed by atoms with Gasteiger partial charge in [-0.05, 0) is 30.3 Å². The average Bonchev–Trinajstić information content (AvgIpc) is 2.85. The van der Waals surface area contributed by atoms with Crippen molar-refractivity contribution in [2.45, 2.75) is 0 Å². The first kappa shape index (κ1) is 11.7. The van der Waals surface area contributed by atoms with E-state index >= 15 is 0 Å². The third-order valence-electron chi connectivity index (χ3n) is 2.13. The van der Waals surface area contributed by atoms with Gasteiger partial charge in [-0.3, -0.25) is 4.79 Å². The fourth-order valence-corrected chi connectivity index (χ4v) is 1.29. The minimum Gasteiger partial charge on any atom is -0.508 e. The lowest BCUT2D eigenvalue weighted by molar-refractivity contribution is 0.0952. The Kier molecular flexibility index (Phi) is 3.29. The quantitative estimate of drug-likeness (QED) is 0.434. The number of carbonyl (C=O) groups excluding carboxylic acids is 1. The van der Waals surface area contributed by atoms with Crippen LogP contribution in [0.15, 0.2) is 46.1 Å². The first-order chi connectivity index (χ1) is 8.66. The molecule has 1 aromatic carbocycles. The summed E-state index contributed by atoms with van der Waals surface area (Å²) in [5.41, 5.74) is 2.14. The van der Waals surface area contributed by atoms with E-state index < -0.39 is 5.91 Å². The molecular formula is C12H10N2O4. The van der Waals surface area contributed by atoms with Crippen molar-refractivity contribution < 1.29 is 19.4 Å². The number of nitrogens with one attached hydrogen (secondary N) is 1. The zero-order chi connectivity index (χ0) is 13.0. The molecule has 2 aromatic rings. The maximum atomic E-state index is 11.6. The zero-order valence-electron chi connectivity index (χ0n) is 9.20. The SMILES string of the molecule is O=C(NN=Cc1ccco1)c1cc(O)ccc1O. The normalized spacial score (nSPS) is 10.7. The number of phenolic OH excluding ortho intramolecular Hbond substituents is 2. The van der Waals surface area contributed by atoms with E-state index in [-0.39, 0.29) is 17.1 Å². The molecule has 1 amide bonds. The topological polar surface area (TPSA) is 95.1 Å². The number of amides is 1. The van der Waals surface area contributed by atoms with Crippen LogP contribution in [0.2, 0.25) is 0 Å². The van der Waals surface area contributed by atoms with Gasteiger partial charge >= 0.3 is 0 Å². The van der Waals surface area contributed by atoms with Gasteiger partial charge in [-0.1, -0.05) is 0 Å². The fourth-order valence-electron chi connectivity index (χ4n) is 1.29. The molecule has 0 fully saturated rings. The Hall–Kier alpha value is -2.76. The van der Waals surface area contributed by atoms with Crippen molar-refractivity contribution in [2.75, 3.05) is 0 Å². The number of hydrogen-bond donors (Lipinski definition) is 3. The van der Waals surface area contributed by atoms with Crippen molar-refractivity contribution in [3.8, 4) is 11.5 Å². The number of furan rings is 1. The molecule has 6 nitrogen and oxygen atoms in total. The van der Waals surface area contributed by atoms with Gasteiger partial charge in [-0.15, -0.1) is 0 Å². The second kappa shape index (κ2) is 5.05. The van der Waals surface area contributed by atoms with Crippen LogP contribution in [0.1, 0.15) is 16.1 Å². The summed E-state index contributed by atoms with van der Waals surface area (Å²) < 4.78 is 4.97. The number of hydrogen-bond acceptors (Lipinski definition) is 5. The Morgan fingerprint density at radius 3 is 2.89 bits per heavy atom. The van der Waals surface area contributed by atoms with E-state index in [2.05, 4.69) is 10.5 Å². The van der Waals surface area contributed by atoms with Gasteiger partial charge in [0.05, 0.1) is 18.0 Å². The van der Waals surface area contributed by atoms with Crippen LogP contribution in [-0.4, -0.2) is 22.3 Å². The number of carbonyl (C=O) groups is 1. The minimum atomic E-state index is -0.633. The van der Waals surface area contributed by atoms with E-state index in [9.17, 15) is 15.0 Å². The van der Waals surface area contributed by atoms with E-state index in [4.69, 9.17) is 4.42 Å². The predicted octanol–water partition coefficient (Wildman–Crippen LogP) is 1.45. The van der Waals surface area contributed by atoms with Gasteiger partial charge in [0.1, 0.15) is 17.3 Å². The van der Waals surface area contributed by atoms with Crippen molar-refractivity contribution in [3.63, 3.8) is 0 Å². The van der Waals surface area contributed by atoms with Gasteiger partial charge in [-0.2, -0.15) is 5.10 Å².